The highest BCUT2D eigenvalue weighted by Crippen LogP contribution is 2.22. The lowest BCUT2D eigenvalue weighted by atomic mass is 9.92. The molecule has 0 amide bonds. The van der Waals surface area contributed by atoms with Gasteiger partial charge in [-0.05, 0) is 71.9 Å². The second-order valence-electron chi connectivity index (χ2n) is 5.53. The first-order valence-corrected chi connectivity index (χ1v) is 7.99. The number of aromatic nitrogens is 1. The van der Waals surface area contributed by atoms with E-state index in [4.69, 9.17) is 4.74 Å². The van der Waals surface area contributed by atoms with Crippen molar-refractivity contribution in [3.63, 3.8) is 0 Å². The van der Waals surface area contributed by atoms with Crippen molar-refractivity contribution < 1.29 is 14.3 Å². The van der Waals surface area contributed by atoms with Gasteiger partial charge < -0.3 is 4.74 Å². The molecule has 1 heterocycles. The monoisotopic (exact) mass is 375 g/mol. The van der Waals surface area contributed by atoms with Gasteiger partial charge in [0.05, 0.1) is 5.56 Å². The summed E-state index contributed by atoms with van der Waals surface area (Å²) in [6, 6.07) is 3.59. The normalized spacial score (nSPS) is 10.5. The Labute approximate surface area is 144 Å². The average molecular weight is 376 g/mol. The zero-order chi connectivity index (χ0) is 17.1. The van der Waals surface area contributed by atoms with Crippen LogP contribution < -0.4 is 0 Å². The summed E-state index contributed by atoms with van der Waals surface area (Å²) >= 11 is 3.24. The van der Waals surface area contributed by atoms with E-state index in [2.05, 4.69) is 20.9 Å². The smallest absolute Gasteiger partial charge is 0.340 e. The van der Waals surface area contributed by atoms with Crippen molar-refractivity contribution in [1.82, 2.24) is 4.98 Å². The molecule has 23 heavy (non-hydrogen) atoms. The molecule has 0 N–H and O–H groups in total. The van der Waals surface area contributed by atoms with Crippen molar-refractivity contribution >= 4 is 27.7 Å². The highest BCUT2D eigenvalue weighted by Gasteiger charge is 2.18. The van der Waals surface area contributed by atoms with E-state index < -0.39 is 5.97 Å². The first-order valence-electron chi connectivity index (χ1n) is 7.19. The maximum atomic E-state index is 12.5. The number of pyridine rings is 1. The van der Waals surface area contributed by atoms with E-state index in [-0.39, 0.29) is 12.4 Å². The van der Waals surface area contributed by atoms with Crippen molar-refractivity contribution in [2.24, 2.45) is 0 Å². The van der Waals surface area contributed by atoms with E-state index in [9.17, 15) is 9.59 Å². The Morgan fingerprint density at radius 1 is 1.04 bits per heavy atom. The molecule has 2 rings (SSSR count). The third-order valence-electron chi connectivity index (χ3n) is 3.91. The van der Waals surface area contributed by atoms with Gasteiger partial charge in [0.1, 0.15) is 0 Å². The molecule has 0 radical (unpaired) electrons. The largest absolute Gasteiger partial charge is 0.454 e. The topological polar surface area (TPSA) is 56.3 Å². The standard InChI is InChI=1S/C18H18BrNO3/c1-10-5-11(2)17(13(4)12(10)3)16(21)9-23-18(22)14-6-15(19)8-20-7-14/h5-8H,9H2,1-4H3. The Kier molecular flexibility index (Phi) is 5.31. The highest BCUT2D eigenvalue weighted by molar-refractivity contribution is 9.10. The Morgan fingerprint density at radius 2 is 1.74 bits per heavy atom. The quantitative estimate of drug-likeness (QED) is 0.595. The Morgan fingerprint density at radius 3 is 2.39 bits per heavy atom. The number of nitrogens with zero attached hydrogens (tertiary/aromatic N) is 1. The summed E-state index contributed by atoms with van der Waals surface area (Å²) < 4.78 is 5.81. The number of Topliss-reactive ketones (excluding diaryl/α,β-unsaturated/α-hetero) is 1. The summed E-state index contributed by atoms with van der Waals surface area (Å²) in [5.41, 5.74) is 5.01. The number of rotatable bonds is 4. The second kappa shape index (κ2) is 7.04. The van der Waals surface area contributed by atoms with Gasteiger partial charge in [-0.2, -0.15) is 0 Å². The first kappa shape index (κ1) is 17.3. The SMILES string of the molecule is Cc1cc(C)c(C(=O)COC(=O)c2cncc(Br)c2)c(C)c1C. The molecule has 0 saturated carbocycles. The van der Waals surface area contributed by atoms with Crippen LogP contribution in [0.25, 0.3) is 0 Å². The van der Waals surface area contributed by atoms with Gasteiger partial charge in [-0.3, -0.25) is 9.78 Å². The molecule has 1 aromatic heterocycles. The number of aryl methyl sites for hydroxylation is 2. The predicted molar refractivity (Wildman–Crippen MR) is 91.9 cm³/mol. The van der Waals surface area contributed by atoms with Gasteiger partial charge in [-0.15, -0.1) is 0 Å². The zero-order valence-electron chi connectivity index (χ0n) is 13.6. The molecule has 0 fully saturated rings. The molecule has 5 heteroatoms. The van der Waals surface area contributed by atoms with Gasteiger partial charge in [0.25, 0.3) is 0 Å². The van der Waals surface area contributed by atoms with Crippen LogP contribution in [0.3, 0.4) is 0 Å². The number of ether oxygens (including phenoxy) is 1. The summed E-state index contributed by atoms with van der Waals surface area (Å²) in [6.07, 6.45) is 2.98. The zero-order valence-corrected chi connectivity index (χ0v) is 15.2. The van der Waals surface area contributed by atoms with Gasteiger partial charge in [0, 0.05) is 22.4 Å². The Balaban J connectivity index is 2.15. The van der Waals surface area contributed by atoms with Crippen molar-refractivity contribution in [1.29, 1.82) is 0 Å². The molecule has 0 spiro atoms. The van der Waals surface area contributed by atoms with Crippen molar-refractivity contribution in [3.05, 3.63) is 62.4 Å². The molecule has 2 aromatic rings. The number of carbonyl (C=O) groups is 2. The number of benzene rings is 1. The number of halogens is 1. The second-order valence-corrected chi connectivity index (χ2v) is 6.44. The van der Waals surface area contributed by atoms with Gasteiger partial charge in [-0.25, -0.2) is 4.79 Å². The van der Waals surface area contributed by atoms with Crippen LogP contribution in [0.15, 0.2) is 29.0 Å². The molecule has 0 aliphatic heterocycles. The van der Waals surface area contributed by atoms with Crippen LogP contribution in [0.2, 0.25) is 0 Å². The molecule has 0 bridgehead atoms. The maximum Gasteiger partial charge on any atom is 0.340 e. The molecule has 120 valence electrons. The number of carbonyl (C=O) groups excluding carboxylic acids is 2. The van der Waals surface area contributed by atoms with E-state index in [1.54, 1.807) is 12.3 Å². The van der Waals surface area contributed by atoms with Crippen LogP contribution in [0.4, 0.5) is 0 Å². The first-order chi connectivity index (χ1) is 10.8. The number of esters is 1. The minimum atomic E-state index is -0.564. The van der Waals surface area contributed by atoms with Gasteiger partial charge in [0.2, 0.25) is 5.78 Å². The van der Waals surface area contributed by atoms with E-state index in [1.807, 2.05) is 33.8 Å². The van der Waals surface area contributed by atoms with Gasteiger partial charge in [-0.1, -0.05) is 6.07 Å². The van der Waals surface area contributed by atoms with Crippen LogP contribution in [-0.4, -0.2) is 23.3 Å². The summed E-state index contributed by atoms with van der Waals surface area (Å²) in [5.74, 6) is -0.759. The Bertz CT molecular complexity index is 784. The van der Waals surface area contributed by atoms with Gasteiger partial charge >= 0.3 is 5.97 Å². The van der Waals surface area contributed by atoms with Crippen molar-refractivity contribution in [3.8, 4) is 0 Å². The van der Waals surface area contributed by atoms with Crippen LogP contribution in [0, 0.1) is 27.7 Å². The molecular formula is C18H18BrNO3. The molecule has 0 atom stereocenters. The van der Waals surface area contributed by atoms with Crippen LogP contribution in [-0.2, 0) is 4.74 Å². The van der Waals surface area contributed by atoms with Gasteiger partial charge in [0.15, 0.2) is 6.61 Å². The maximum absolute atomic E-state index is 12.5. The predicted octanol–water partition coefficient (Wildman–Crippen LogP) is 4.12. The lowest BCUT2D eigenvalue weighted by molar-refractivity contribution is 0.0474. The molecule has 0 aliphatic rings. The minimum Gasteiger partial charge on any atom is -0.454 e. The number of hydrogen-bond acceptors (Lipinski definition) is 4. The lowest BCUT2D eigenvalue weighted by Crippen LogP contribution is -2.17. The molecule has 0 aliphatic carbocycles. The van der Waals surface area contributed by atoms with Crippen LogP contribution >= 0.6 is 15.9 Å². The number of hydrogen-bond donors (Lipinski definition) is 0. The fourth-order valence-corrected chi connectivity index (χ4v) is 2.89. The minimum absolute atomic E-state index is 0.195. The van der Waals surface area contributed by atoms with Crippen molar-refractivity contribution in [2.75, 3.05) is 6.61 Å². The molecule has 0 unspecified atom stereocenters. The molecule has 0 saturated heterocycles. The Hall–Kier alpha value is -2.01. The van der Waals surface area contributed by atoms with E-state index in [0.29, 0.717) is 15.6 Å². The summed E-state index contributed by atoms with van der Waals surface area (Å²) in [5, 5.41) is 0. The number of ketones is 1. The van der Waals surface area contributed by atoms with E-state index in [1.165, 1.54) is 6.20 Å². The lowest BCUT2D eigenvalue weighted by Gasteiger charge is -2.14. The van der Waals surface area contributed by atoms with E-state index in [0.717, 1.165) is 22.3 Å². The third-order valence-corrected chi connectivity index (χ3v) is 4.34. The van der Waals surface area contributed by atoms with E-state index >= 15 is 0 Å². The fourth-order valence-electron chi connectivity index (χ4n) is 2.52. The summed E-state index contributed by atoms with van der Waals surface area (Å²) in [4.78, 5) is 28.3. The molecule has 1 aromatic carbocycles. The summed E-state index contributed by atoms with van der Waals surface area (Å²) in [7, 11) is 0. The molecular weight excluding hydrogens is 358 g/mol. The average Bonchev–Trinajstić information content (AvgIpc) is 2.50. The van der Waals surface area contributed by atoms with Crippen LogP contribution in [0.1, 0.15) is 43.0 Å². The molecule has 4 nitrogen and oxygen atoms in total. The third kappa shape index (κ3) is 3.85. The van der Waals surface area contributed by atoms with Crippen LogP contribution in [0.5, 0.6) is 0 Å². The summed E-state index contributed by atoms with van der Waals surface area (Å²) in [6.45, 7) is 7.54. The fraction of sp³-hybridized carbons (Fsp3) is 0.278. The van der Waals surface area contributed by atoms with Crippen molar-refractivity contribution in [2.45, 2.75) is 27.7 Å². The highest BCUT2D eigenvalue weighted by atomic mass is 79.9.